The zero-order valence-corrected chi connectivity index (χ0v) is 18.2. The molecule has 0 aromatic carbocycles. The predicted octanol–water partition coefficient (Wildman–Crippen LogP) is 0.946. The molecule has 1 unspecified atom stereocenters. The third kappa shape index (κ3) is 5.22. The van der Waals surface area contributed by atoms with Crippen molar-refractivity contribution in [2.24, 2.45) is 0 Å². The Labute approximate surface area is 181 Å². The molecule has 0 spiro atoms. The molecule has 9 heteroatoms. The summed E-state index contributed by atoms with van der Waals surface area (Å²) >= 11 is 0. The Hall–Kier alpha value is -2.94. The first-order valence-corrected chi connectivity index (χ1v) is 10.9. The van der Waals surface area contributed by atoms with E-state index in [0.717, 1.165) is 55.4 Å². The van der Waals surface area contributed by atoms with Crippen LogP contribution in [0.5, 0.6) is 0 Å². The number of hydrogen-bond acceptors (Lipinski definition) is 7. The van der Waals surface area contributed by atoms with Crippen molar-refractivity contribution in [2.45, 2.75) is 39.2 Å². The number of amides is 1. The standard InChI is InChI=1S/C22H30N6O3/c1-15-10-16(2)25-22(30)18(15)11-21(29)26-17-4-3-5-28(13-17)20-12-19(23-14-24-20)27-6-8-31-9-7-27/h10,12,14,17H,3-9,11,13H2,1-2H3,(H,25,30)(H,26,29). The first kappa shape index (κ1) is 21.3. The Morgan fingerprint density at radius 3 is 2.65 bits per heavy atom. The average molecular weight is 427 g/mol. The van der Waals surface area contributed by atoms with Crippen LogP contribution in [0.2, 0.25) is 0 Å². The summed E-state index contributed by atoms with van der Waals surface area (Å²) < 4.78 is 5.42. The normalized spacial score (nSPS) is 19.4. The van der Waals surface area contributed by atoms with E-state index in [1.807, 2.05) is 26.0 Å². The van der Waals surface area contributed by atoms with Gasteiger partial charge in [0.05, 0.1) is 19.6 Å². The largest absolute Gasteiger partial charge is 0.378 e. The first-order chi connectivity index (χ1) is 15.0. The van der Waals surface area contributed by atoms with Crippen LogP contribution in [0.25, 0.3) is 0 Å². The van der Waals surface area contributed by atoms with Gasteiger partial charge in [-0.1, -0.05) is 0 Å². The van der Waals surface area contributed by atoms with Crippen LogP contribution < -0.4 is 20.7 Å². The van der Waals surface area contributed by atoms with Crippen LogP contribution in [0.1, 0.15) is 29.7 Å². The summed E-state index contributed by atoms with van der Waals surface area (Å²) in [5.74, 6) is 1.66. The molecule has 4 rings (SSSR count). The molecule has 2 aromatic heterocycles. The molecule has 2 aliphatic rings. The Morgan fingerprint density at radius 1 is 1.16 bits per heavy atom. The van der Waals surface area contributed by atoms with Gasteiger partial charge in [-0.15, -0.1) is 0 Å². The third-order valence-electron chi connectivity index (χ3n) is 5.91. The molecule has 0 saturated carbocycles. The van der Waals surface area contributed by atoms with Crippen LogP contribution in [0, 0.1) is 13.8 Å². The molecule has 0 radical (unpaired) electrons. The topological polar surface area (TPSA) is 103 Å². The van der Waals surface area contributed by atoms with Gasteiger partial charge in [-0.3, -0.25) is 9.59 Å². The second kappa shape index (κ2) is 9.47. The minimum absolute atomic E-state index is 0.0212. The van der Waals surface area contributed by atoms with E-state index in [9.17, 15) is 9.59 Å². The molecule has 4 heterocycles. The van der Waals surface area contributed by atoms with Crippen molar-refractivity contribution in [3.05, 3.63) is 45.6 Å². The second-order valence-corrected chi connectivity index (χ2v) is 8.31. The van der Waals surface area contributed by atoms with Crippen LogP contribution >= 0.6 is 0 Å². The summed E-state index contributed by atoms with van der Waals surface area (Å²) in [7, 11) is 0. The maximum Gasteiger partial charge on any atom is 0.252 e. The molecule has 1 atom stereocenters. The number of carbonyl (C=O) groups excluding carboxylic acids is 1. The summed E-state index contributed by atoms with van der Waals surface area (Å²) in [6.45, 7) is 8.36. The van der Waals surface area contributed by atoms with Crippen LogP contribution in [0.3, 0.4) is 0 Å². The van der Waals surface area contributed by atoms with Crippen molar-refractivity contribution in [3.8, 4) is 0 Å². The van der Waals surface area contributed by atoms with E-state index >= 15 is 0 Å². The molecular weight excluding hydrogens is 396 g/mol. The van der Waals surface area contributed by atoms with Crippen molar-refractivity contribution in [1.29, 1.82) is 0 Å². The highest BCUT2D eigenvalue weighted by Gasteiger charge is 2.24. The minimum Gasteiger partial charge on any atom is -0.378 e. The van der Waals surface area contributed by atoms with E-state index in [0.29, 0.717) is 25.3 Å². The second-order valence-electron chi connectivity index (χ2n) is 8.31. The lowest BCUT2D eigenvalue weighted by Gasteiger charge is -2.34. The van der Waals surface area contributed by atoms with Crippen molar-refractivity contribution >= 4 is 17.5 Å². The zero-order valence-electron chi connectivity index (χ0n) is 18.2. The number of anilines is 2. The first-order valence-electron chi connectivity index (χ1n) is 10.9. The number of piperidine rings is 1. The molecule has 31 heavy (non-hydrogen) atoms. The van der Waals surface area contributed by atoms with E-state index < -0.39 is 0 Å². The number of carbonyl (C=O) groups is 1. The lowest BCUT2D eigenvalue weighted by atomic mass is 10.0. The van der Waals surface area contributed by atoms with E-state index in [2.05, 4.69) is 30.1 Å². The fourth-order valence-corrected chi connectivity index (χ4v) is 4.32. The number of aromatic amines is 1. The molecule has 2 saturated heterocycles. The van der Waals surface area contributed by atoms with Crippen molar-refractivity contribution in [3.63, 3.8) is 0 Å². The highest BCUT2D eigenvalue weighted by atomic mass is 16.5. The number of aromatic nitrogens is 3. The van der Waals surface area contributed by atoms with E-state index in [1.165, 1.54) is 0 Å². The number of pyridine rings is 1. The molecule has 0 bridgehead atoms. The maximum atomic E-state index is 12.6. The molecule has 2 aromatic rings. The Morgan fingerprint density at radius 2 is 1.90 bits per heavy atom. The van der Waals surface area contributed by atoms with Gasteiger partial charge in [-0.25, -0.2) is 9.97 Å². The van der Waals surface area contributed by atoms with Gasteiger partial charge in [-0.2, -0.15) is 0 Å². The minimum atomic E-state index is -0.186. The molecule has 0 aliphatic carbocycles. The monoisotopic (exact) mass is 426 g/mol. The highest BCUT2D eigenvalue weighted by molar-refractivity contribution is 5.79. The smallest absolute Gasteiger partial charge is 0.252 e. The summed E-state index contributed by atoms with van der Waals surface area (Å²) in [5.41, 5.74) is 1.99. The number of ether oxygens (including phenoxy) is 1. The number of H-pyrrole nitrogens is 1. The summed E-state index contributed by atoms with van der Waals surface area (Å²) in [6, 6.07) is 3.94. The van der Waals surface area contributed by atoms with Crippen LogP contribution in [0.4, 0.5) is 11.6 Å². The average Bonchev–Trinajstić information content (AvgIpc) is 2.77. The summed E-state index contributed by atoms with van der Waals surface area (Å²) in [5, 5.41) is 3.11. The Bertz CT molecular complexity index is 985. The molecular formula is C22H30N6O3. The number of hydrogen-bond donors (Lipinski definition) is 2. The number of morpholine rings is 1. The number of aryl methyl sites for hydroxylation is 2. The van der Waals surface area contributed by atoms with Gasteiger partial charge >= 0.3 is 0 Å². The summed E-state index contributed by atoms with van der Waals surface area (Å²) in [6.07, 6.45) is 3.57. The van der Waals surface area contributed by atoms with Crippen LogP contribution in [-0.2, 0) is 16.0 Å². The maximum absolute atomic E-state index is 12.6. The Kier molecular flexibility index (Phi) is 6.50. The molecule has 1 amide bonds. The SMILES string of the molecule is Cc1cc(C)c(CC(=O)NC2CCCN(c3cc(N4CCOCC4)ncn3)C2)c(=O)[nH]1. The van der Waals surface area contributed by atoms with Gasteiger partial charge < -0.3 is 24.8 Å². The summed E-state index contributed by atoms with van der Waals surface area (Å²) in [4.78, 5) is 40.9. The predicted molar refractivity (Wildman–Crippen MR) is 119 cm³/mol. The quantitative estimate of drug-likeness (QED) is 0.734. The third-order valence-corrected chi connectivity index (χ3v) is 5.91. The van der Waals surface area contributed by atoms with Gasteiger partial charge in [0.25, 0.3) is 5.56 Å². The molecule has 2 N–H and O–H groups in total. The van der Waals surface area contributed by atoms with E-state index in [1.54, 1.807) is 6.33 Å². The zero-order chi connectivity index (χ0) is 21.8. The van der Waals surface area contributed by atoms with Crippen LogP contribution in [0.15, 0.2) is 23.3 Å². The van der Waals surface area contributed by atoms with E-state index in [-0.39, 0.29) is 23.9 Å². The fourth-order valence-electron chi connectivity index (χ4n) is 4.32. The van der Waals surface area contributed by atoms with Gasteiger partial charge in [0.1, 0.15) is 18.0 Å². The van der Waals surface area contributed by atoms with E-state index in [4.69, 9.17) is 4.74 Å². The van der Waals surface area contributed by atoms with Crippen molar-refractivity contribution < 1.29 is 9.53 Å². The number of nitrogens with one attached hydrogen (secondary N) is 2. The van der Waals surface area contributed by atoms with Crippen molar-refractivity contribution in [2.75, 3.05) is 49.2 Å². The molecule has 2 fully saturated rings. The van der Waals surface area contributed by atoms with Crippen molar-refractivity contribution in [1.82, 2.24) is 20.3 Å². The fraction of sp³-hybridized carbons (Fsp3) is 0.545. The number of rotatable bonds is 5. The van der Waals surface area contributed by atoms with Gasteiger partial charge in [0, 0.05) is 49.5 Å². The van der Waals surface area contributed by atoms with Gasteiger partial charge in [0.2, 0.25) is 5.91 Å². The number of nitrogens with zero attached hydrogens (tertiary/aromatic N) is 4. The van der Waals surface area contributed by atoms with Gasteiger partial charge in [-0.05, 0) is 38.3 Å². The molecule has 2 aliphatic heterocycles. The lowest BCUT2D eigenvalue weighted by Crippen LogP contribution is -2.48. The van der Waals surface area contributed by atoms with Gasteiger partial charge in [0.15, 0.2) is 0 Å². The molecule has 166 valence electrons. The Balaban J connectivity index is 1.39. The highest BCUT2D eigenvalue weighted by Crippen LogP contribution is 2.22. The molecule has 9 nitrogen and oxygen atoms in total. The lowest BCUT2D eigenvalue weighted by molar-refractivity contribution is -0.121. The van der Waals surface area contributed by atoms with Crippen LogP contribution in [-0.4, -0.2) is 66.3 Å².